The molecule has 1 aliphatic heterocycles. The van der Waals surface area contributed by atoms with Gasteiger partial charge in [0.2, 0.25) is 17.7 Å². The fourth-order valence-corrected chi connectivity index (χ4v) is 5.70. The van der Waals surface area contributed by atoms with Gasteiger partial charge >= 0.3 is 0 Å². The van der Waals surface area contributed by atoms with Crippen molar-refractivity contribution >= 4 is 61.4 Å². The number of phenolic OH excluding ortho intramolecular Hbond substituents is 1. The van der Waals surface area contributed by atoms with Crippen LogP contribution in [-0.4, -0.2) is 58.5 Å². The Morgan fingerprint density at radius 1 is 1.00 bits per heavy atom. The molecule has 1 unspecified atom stereocenters. The summed E-state index contributed by atoms with van der Waals surface area (Å²) in [5.74, 6) is 0.334. The van der Waals surface area contributed by atoms with E-state index in [-0.39, 0.29) is 28.2 Å². The number of thioether (sulfide) groups is 1. The number of nitrogens with zero attached hydrogens (tertiary/aromatic N) is 2. The molecular weight excluding hydrogens is 601 g/mol. The second-order valence-corrected chi connectivity index (χ2v) is 12.0. The molecule has 1 fully saturated rings. The maximum absolute atomic E-state index is 11.7. The molecule has 12 heteroatoms. The van der Waals surface area contributed by atoms with Crippen molar-refractivity contribution in [2.24, 2.45) is 0 Å². The molecule has 0 aliphatic carbocycles. The Morgan fingerprint density at radius 2 is 1.66 bits per heavy atom. The van der Waals surface area contributed by atoms with Gasteiger partial charge in [-0.25, -0.2) is 4.98 Å². The fraction of sp³-hybridized carbons (Fsp3) is 0.281. The van der Waals surface area contributed by atoms with Gasteiger partial charge in [0.25, 0.3) is 5.24 Å². The van der Waals surface area contributed by atoms with Crippen LogP contribution in [0.3, 0.4) is 0 Å². The Balaban J connectivity index is 0.000000290. The molecule has 1 aliphatic rings. The van der Waals surface area contributed by atoms with Gasteiger partial charge < -0.3 is 14.7 Å². The van der Waals surface area contributed by atoms with Gasteiger partial charge in [-0.1, -0.05) is 65.6 Å². The van der Waals surface area contributed by atoms with Crippen LogP contribution >= 0.6 is 23.1 Å². The third kappa shape index (κ3) is 11.3. The maximum Gasteiger partial charge on any atom is 0.286 e. The first-order valence-electron chi connectivity index (χ1n) is 13.8. The van der Waals surface area contributed by atoms with Crippen LogP contribution in [-0.2, 0) is 20.8 Å². The molecule has 2 heterocycles. The van der Waals surface area contributed by atoms with E-state index in [0.29, 0.717) is 18.8 Å². The Hall–Kier alpha value is -4.42. The summed E-state index contributed by atoms with van der Waals surface area (Å²) in [4.78, 5) is 49.6. The van der Waals surface area contributed by atoms with Gasteiger partial charge in [0, 0.05) is 27.4 Å². The van der Waals surface area contributed by atoms with Crippen molar-refractivity contribution in [2.45, 2.75) is 38.9 Å². The van der Waals surface area contributed by atoms with E-state index in [0.717, 1.165) is 52.3 Å². The predicted molar refractivity (Wildman–Crippen MR) is 175 cm³/mol. The van der Waals surface area contributed by atoms with Crippen LogP contribution < -0.4 is 20.3 Å². The lowest BCUT2D eigenvalue weighted by Crippen LogP contribution is -2.25. The smallest absolute Gasteiger partial charge is 0.286 e. The zero-order valence-corrected chi connectivity index (χ0v) is 26.7. The molecule has 1 saturated heterocycles. The summed E-state index contributed by atoms with van der Waals surface area (Å²) in [6.07, 6.45) is 1.42. The molecule has 0 radical (unpaired) electrons. The standard InChI is InChI=1S/C21H21N3O3S2.C7H8O.C4H7NO2/c1-24(20-22-16-5-2-3-6-17(16)28-20)11-4-12-27-15-9-7-14(8-10-15)13-18-19(25)23-21(26)29-18;1-6-4-2-3-5-7(6)8;1-3(6)5-4(2)7/h2-3,5-10,18H,4,11-13H2,1H3,(H,23,25,26);2-5,8H,1H3;1-2H3,(H,5,6,7). The number of imide groups is 2. The monoisotopic (exact) mass is 636 g/mol. The number of carbonyl (C=O) groups is 4. The number of aromatic hydroxyl groups is 1. The zero-order valence-electron chi connectivity index (χ0n) is 25.0. The van der Waals surface area contributed by atoms with Crippen molar-refractivity contribution in [1.29, 1.82) is 0 Å². The summed E-state index contributed by atoms with van der Waals surface area (Å²) >= 11 is 2.75. The van der Waals surface area contributed by atoms with Crippen LogP contribution in [0.1, 0.15) is 31.4 Å². The highest BCUT2D eigenvalue weighted by Gasteiger charge is 2.31. The minimum Gasteiger partial charge on any atom is -0.508 e. The molecule has 4 amide bonds. The minimum atomic E-state index is -0.340. The number of ether oxygens (including phenoxy) is 1. The fourth-order valence-electron chi connectivity index (χ4n) is 3.89. The van der Waals surface area contributed by atoms with E-state index in [1.807, 2.05) is 72.9 Å². The van der Waals surface area contributed by atoms with Crippen LogP contribution in [0.25, 0.3) is 10.2 Å². The highest BCUT2D eigenvalue weighted by atomic mass is 32.2. The first-order valence-corrected chi connectivity index (χ1v) is 15.5. The van der Waals surface area contributed by atoms with Crippen LogP contribution in [0.2, 0.25) is 0 Å². The normalized spacial score (nSPS) is 13.6. The number of amides is 4. The number of nitrogens with one attached hydrogen (secondary N) is 2. The van der Waals surface area contributed by atoms with Gasteiger partial charge in [-0.15, -0.1) is 0 Å². The number of benzene rings is 3. The third-order valence-corrected chi connectivity index (χ3v) is 8.23. The molecule has 0 saturated carbocycles. The quantitative estimate of drug-likeness (QED) is 0.215. The molecule has 232 valence electrons. The van der Waals surface area contributed by atoms with Gasteiger partial charge in [-0.2, -0.15) is 0 Å². The van der Waals surface area contributed by atoms with Gasteiger partial charge in [0.15, 0.2) is 5.13 Å². The van der Waals surface area contributed by atoms with Crippen LogP contribution in [0, 0.1) is 6.92 Å². The SMILES string of the molecule is CC(=O)NC(C)=O.CN(CCCOc1ccc(CC2SC(=O)NC2=O)cc1)c1nc2ccccc2s1.Cc1ccccc1O. The first kappa shape index (κ1) is 34.1. The summed E-state index contributed by atoms with van der Waals surface area (Å²) in [7, 11) is 2.05. The molecular formula is C32H36N4O6S2. The number of carbonyl (C=O) groups excluding carboxylic acids is 4. The average molecular weight is 637 g/mol. The maximum atomic E-state index is 11.7. The van der Waals surface area contributed by atoms with Crippen molar-refractivity contribution < 1.29 is 29.0 Å². The van der Waals surface area contributed by atoms with Crippen LogP contribution in [0.15, 0.2) is 72.8 Å². The van der Waals surface area contributed by atoms with Crippen molar-refractivity contribution in [3.63, 3.8) is 0 Å². The summed E-state index contributed by atoms with van der Waals surface area (Å²) in [6, 6.07) is 23.1. The van der Waals surface area contributed by atoms with Crippen LogP contribution in [0.4, 0.5) is 9.93 Å². The van der Waals surface area contributed by atoms with Crippen molar-refractivity contribution in [2.75, 3.05) is 25.1 Å². The van der Waals surface area contributed by atoms with E-state index in [2.05, 4.69) is 28.3 Å². The highest BCUT2D eigenvalue weighted by Crippen LogP contribution is 2.28. The predicted octanol–water partition coefficient (Wildman–Crippen LogP) is 5.47. The van der Waals surface area contributed by atoms with Crippen LogP contribution in [0.5, 0.6) is 11.5 Å². The van der Waals surface area contributed by atoms with E-state index in [9.17, 15) is 19.2 Å². The molecule has 5 rings (SSSR count). The molecule has 44 heavy (non-hydrogen) atoms. The Labute approximate surface area is 264 Å². The number of fused-ring (bicyclic) bond motifs is 1. The Morgan fingerprint density at radius 3 is 2.20 bits per heavy atom. The molecule has 3 N–H and O–H groups in total. The molecule has 10 nitrogen and oxygen atoms in total. The number of hydrogen-bond donors (Lipinski definition) is 3. The second kappa shape index (κ2) is 17.0. The molecule has 3 aromatic carbocycles. The van der Waals surface area contributed by atoms with Gasteiger partial charge in [0.1, 0.15) is 11.5 Å². The van der Waals surface area contributed by atoms with Crippen molar-refractivity contribution in [3.05, 3.63) is 83.9 Å². The second-order valence-electron chi connectivity index (χ2n) is 9.84. The van der Waals surface area contributed by atoms with E-state index < -0.39 is 0 Å². The molecule has 4 aromatic rings. The lowest BCUT2D eigenvalue weighted by atomic mass is 10.1. The van der Waals surface area contributed by atoms with Gasteiger partial charge in [0.05, 0.1) is 22.1 Å². The van der Waals surface area contributed by atoms with E-state index in [4.69, 9.17) is 9.84 Å². The van der Waals surface area contributed by atoms with E-state index in [1.165, 1.54) is 18.5 Å². The van der Waals surface area contributed by atoms with Crippen molar-refractivity contribution in [1.82, 2.24) is 15.6 Å². The number of aryl methyl sites for hydroxylation is 1. The number of thiazole rings is 1. The number of rotatable bonds is 8. The summed E-state index contributed by atoms with van der Waals surface area (Å²) in [5, 5.41) is 13.7. The largest absolute Gasteiger partial charge is 0.508 e. The zero-order chi connectivity index (χ0) is 32.1. The van der Waals surface area contributed by atoms with Gasteiger partial charge in [-0.3, -0.25) is 29.8 Å². The number of hydrogen-bond acceptors (Lipinski definition) is 10. The summed E-state index contributed by atoms with van der Waals surface area (Å²) in [5.41, 5.74) is 2.97. The Bertz CT molecular complexity index is 1510. The minimum absolute atomic E-state index is 0.211. The van der Waals surface area contributed by atoms with Crippen molar-refractivity contribution in [3.8, 4) is 11.5 Å². The first-order chi connectivity index (χ1) is 21.0. The topological polar surface area (TPSA) is 138 Å². The highest BCUT2D eigenvalue weighted by molar-refractivity contribution is 8.15. The average Bonchev–Trinajstić information content (AvgIpc) is 3.55. The van der Waals surface area contributed by atoms with E-state index in [1.54, 1.807) is 17.4 Å². The number of anilines is 1. The number of aromatic nitrogens is 1. The summed E-state index contributed by atoms with van der Waals surface area (Å²) in [6.45, 7) is 5.93. The van der Waals surface area contributed by atoms with Gasteiger partial charge in [-0.05, 0) is 61.2 Å². The lowest BCUT2D eigenvalue weighted by molar-refractivity contribution is -0.128. The summed E-state index contributed by atoms with van der Waals surface area (Å²) < 4.78 is 7.03. The Kier molecular flexibility index (Phi) is 13.2. The lowest BCUT2D eigenvalue weighted by Gasteiger charge is -2.15. The molecule has 0 bridgehead atoms. The molecule has 0 spiro atoms. The molecule has 1 atom stereocenters. The number of phenols is 1. The third-order valence-electron chi connectivity index (χ3n) is 6.09. The molecule has 1 aromatic heterocycles. The van der Waals surface area contributed by atoms with E-state index >= 15 is 0 Å². The number of para-hydroxylation sites is 2.